The number of aliphatic imine (C=N–C) groups is 1. The number of hydrogen-bond donors (Lipinski definition) is 3. The molecule has 0 saturated heterocycles. The molecular weight excluding hydrogens is 270 g/mol. The van der Waals surface area contributed by atoms with Gasteiger partial charge in [-0.25, -0.2) is 10.4 Å². The van der Waals surface area contributed by atoms with E-state index < -0.39 is 0 Å². The van der Waals surface area contributed by atoms with E-state index in [-0.39, 0.29) is 16.9 Å². The van der Waals surface area contributed by atoms with Crippen molar-refractivity contribution in [3.8, 4) is 0 Å². The van der Waals surface area contributed by atoms with Gasteiger partial charge in [-0.05, 0) is 29.8 Å². The monoisotopic (exact) mass is 284 g/mol. The van der Waals surface area contributed by atoms with Gasteiger partial charge >= 0.3 is 0 Å². The molecule has 0 aliphatic heterocycles. The molecule has 0 aliphatic rings. The number of benzene rings is 2. The first-order valence-corrected chi connectivity index (χ1v) is 6.09. The number of rotatable bonds is 4. The fourth-order valence-corrected chi connectivity index (χ4v) is 1.56. The zero-order valence-corrected chi connectivity index (χ0v) is 11.0. The van der Waals surface area contributed by atoms with Crippen molar-refractivity contribution in [2.24, 2.45) is 15.8 Å². The third-order valence-electron chi connectivity index (χ3n) is 2.49. The number of nitrogens with two attached hydrogens (primary N) is 1. The first kappa shape index (κ1) is 14.5. The Hall–Kier alpha value is -2.90. The zero-order chi connectivity index (χ0) is 15.1. The standard InChI is InChI=1S/C14H14N5O2/c15-14(17-12-6-2-1-3-7-12)18-16-10-11-5-4-8-13(9-11)19(20)21/h1-10,20H,(H3,15,17,18)/q-1/b16-10+. The van der Waals surface area contributed by atoms with Crippen molar-refractivity contribution >= 4 is 23.5 Å². The molecule has 2 aromatic rings. The lowest BCUT2D eigenvalue weighted by atomic mass is 10.2. The summed E-state index contributed by atoms with van der Waals surface area (Å²) in [6.45, 7) is 0. The third kappa shape index (κ3) is 4.60. The first-order valence-electron chi connectivity index (χ1n) is 6.09. The molecule has 0 atom stereocenters. The highest BCUT2D eigenvalue weighted by Gasteiger charge is 1.94. The molecule has 0 spiro atoms. The molecule has 0 bridgehead atoms. The number of hydrogen-bond acceptors (Lipinski definition) is 5. The molecule has 108 valence electrons. The summed E-state index contributed by atoms with van der Waals surface area (Å²) in [5.41, 5.74) is 9.70. The van der Waals surface area contributed by atoms with Crippen LogP contribution in [0.3, 0.4) is 0 Å². The smallest absolute Gasteiger partial charge is 0.214 e. The molecule has 0 aliphatic carbocycles. The molecule has 0 radical (unpaired) electrons. The predicted octanol–water partition coefficient (Wildman–Crippen LogP) is 1.95. The summed E-state index contributed by atoms with van der Waals surface area (Å²) in [6.07, 6.45) is 1.46. The molecule has 7 heteroatoms. The van der Waals surface area contributed by atoms with Crippen molar-refractivity contribution in [1.29, 1.82) is 0 Å². The lowest BCUT2D eigenvalue weighted by Crippen LogP contribution is -2.26. The van der Waals surface area contributed by atoms with Gasteiger partial charge in [0.25, 0.3) is 0 Å². The van der Waals surface area contributed by atoms with Crippen molar-refractivity contribution in [3.63, 3.8) is 0 Å². The van der Waals surface area contributed by atoms with E-state index in [1.165, 1.54) is 18.3 Å². The van der Waals surface area contributed by atoms with Crippen LogP contribution in [-0.2, 0) is 0 Å². The number of anilines is 1. The van der Waals surface area contributed by atoms with Crippen molar-refractivity contribution in [2.45, 2.75) is 0 Å². The van der Waals surface area contributed by atoms with E-state index in [4.69, 9.17) is 10.9 Å². The van der Waals surface area contributed by atoms with Crippen molar-refractivity contribution in [3.05, 3.63) is 65.4 Å². The van der Waals surface area contributed by atoms with Crippen molar-refractivity contribution in [1.82, 2.24) is 5.43 Å². The SMILES string of the molecule is NC(=Nc1ccccc1)N/N=C/c1cccc(N([O-])O)c1. The summed E-state index contributed by atoms with van der Waals surface area (Å²) in [7, 11) is 0. The third-order valence-corrected chi connectivity index (χ3v) is 2.49. The summed E-state index contributed by atoms with van der Waals surface area (Å²) in [4.78, 5) is 4.11. The van der Waals surface area contributed by atoms with Crippen LogP contribution in [0.15, 0.2) is 64.7 Å². The Kier molecular flexibility index (Phi) is 4.86. The first-order chi connectivity index (χ1) is 10.1. The Morgan fingerprint density at radius 3 is 2.67 bits per heavy atom. The second kappa shape index (κ2) is 7.04. The minimum atomic E-state index is -0.212. The van der Waals surface area contributed by atoms with Gasteiger partial charge in [0.2, 0.25) is 5.96 Å². The highest BCUT2D eigenvalue weighted by Crippen LogP contribution is 2.12. The fourth-order valence-electron chi connectivity index (χ4n) is 1.56. The van der Waals surface area contributed by atoms with Gasteiger partial charge in [-0.15, -0.1) is 0 Å². The average molecular weight is 284 g/mol. The number of guanidine groups is 1. The summed E-state index contributed by atoms with van der Waals surface area (Å²) in [5.74, 6) is 0.140. The van der Waals surface area contributed by atoms with Gasteiger partial charge in [0.05, 0.1) is 17.6 Å². The largest absolute Gasteiger partial charge is 0.733 e. The van der Waals surface area contributed by atoms with E-state index in [2.05, 4.69) is 15.5 Å². The topological polar surface area (TPSA) is 109 Å². The van der Waals surface area contributed by atoms with Crippen LogP contribution in [0.25, 0.3) is 0 Å². The molecule has 0 aromatic heterocycles. The molecule has 2 aromatic carbocycles. The maximum Gasteiger partial charge on any atom is 0.214 e. The van der Waals surface area contributed by atoms with E-state index in [9.17, 15) is 5.21 Å². The van der Waals surface area contributed by atoms with Gasteiger partial charge in [0.1, 0.15) is 0 Å². The van der Waals surface area contributed by atoms with Gasteiger partial charge in [-0.3, -0.25) is 5.21 Å². The molecule has 0 unspecified atom stereocenters. The normalized spacial score (nSPS) is 11.6. The Bertz CT molecular complexity index is 641. The average Bonchev–Trinajstić information content (AvgIpc) is 2.48. The second-order valence-electron chi connectivity index (χ2n) is 4.07. The maximum absolute atomic E-state index is 10.8. The molecule has 0 heterocycles. The van der Waals surface area contributed by atoms with Crippen molar-refractivity contribution in [2.75, 3.05) is 5.23 Å². The predicted molar refractivity (Wildman–Crippen MR) is 82.5 cm³/mol. The lowest BCUT2D eigenvalue weighted by Gasteiger charge is -2.21. The summed E-state index contributed by atoms with van der Waals surface area (Å²) < 4.78 is 0. The second-order valence-corrected chi connectivity index (χ2v) is 4.07. The Morgan fingerprint density at radius 2 is 1.95 bits per heavy atom. The van der Waals surface area contributed by atoms with Crippen molar-refractivity contribution < 1.29 is 5.21 Å². The van der Waals surface area contributed by atoms with Gasteiger partial charge in [0, 0.05) is 0 Å². The van der Waals surface area contributed by atoms with E-state index in [1.807, 2.05) is 30.3 Å². The van der Waals surface area contributed by atoms with Gasteiger partial charge in [-0.2, -0.15) is 5.10 Å². The molecule has 21 heavy (non-hydrogen) atoms. The fraction of sp³-hybridized carbons (Fsp3) is 0. The Balaban J connectivity index is 1.99. The minimum Gasteiger partial charge on any atom is -0.733 e. The van der Waals surface area contributed by atoms with E-state index in [0.29, 0.717) is 11.3 Å². The van der Waals surface area contributed by atoms with E-state index in [0.717, 1.165) is 0 Å². The molecule has 0 amide bonds. The van der Waals surface area contributed by atoms with Crippen LogP contribution < -0.4 is 16.4 Å². The van der Waals surface area contributed by atoms with Crippen LogP contribution in [0.1, 0.15) is 5.56 Å². The lowest BCUT2D eigenvalue weighted by molar-refractivity contribution is 0.296. The van der Waals surface area contributed by atoms with Crippen LogP contribution in [0.2, 0.25) is 0 Å². The van der Waals surface area contributed by atoms with E-state index in [1.54, 1.807) is 12.1 Å². The highest BCUT2D eigenvalue weighted by molar-refractivity contribution is 5.85. The molecule has 0 fully saturated rings. The van der Waals surface area contributed by atoms with Crippen LogP contribution in [0.4, 0.5) is 11.4 Å². The van der Waals surface area contributed by atoms with Gasteiger partial charge < -0.3 is 16.2 Å². The molecule has 0 saturated carbocycles. The quantitative estimate of drug-likeness (QED) is 0.451. The number of nitrogens with one attached hydrogen (secondary N) is 1. The Labute approximate surface area is 121 Å². The highest BCUT2D eigenvalue weighted by atomic mass is 16.8. The summed E-state index contributed by atoms with van der Waals surface area (Å²) >= 11 is 0. The molecule has 4 N–H and O–H groups in total. The van der Waals surface area contributed by atoms with Crippen LogP contribution in [0.5, 0.6) is 0 Å². The Morgan fingerprint density at radius 1 is 1.19 bits per heavy atom. The summed E-state index contributed by atoms with van der Waals surface area (Å²) in [6, 6.07) is 15.5. The molecule has 2 rings (SSSR count). The maximum atomic E-state index is 10.8. The van der Waals surface area contributed by atoms with Gasteiger partial charge in [0.15, 0.2) is 0 Å². The summed E-state index contributed by atoms with van der Waals surface area (Å²) in [5, 5.41) is 23.3. The molecular formula is C14H14N5O2-. The number of para-hydroxylation sites is 1. The van der Waals surface area contributed by atoms with Crippen LogP contribution in [0, 0.1) is 5.21 Å². The number of hydrazone groups is 1. The van der Waals surface area contributed by atoms with Crippen LogP contribution >= 0.6 is 0 Å². The minimum absolute atomic E-state index is 0.116. The van der Waals surface area contributed by atoms with E-state index >= 15 is 0 Å². The number of nitrogens with zero attached hydrogens (tertiary/aromatic N) is 3. The molecule has 7 nitrogen and oxygen atoms in total. The zero-order valence-electron chi connectivity index (χ0n) is 11.0. The van der Waals surface area contributed by atoms with Gasteiger partial charge in [-0.1, -0.05) is 30.3 Å². The van der Waals surface area contributed by atoms with Crippen LogP contribution in [-0.4, -0.2) is 17.4 Å².